The van der Waals surface area contributed by atoms with Crippen LogP contribution in [0.25, 0.3) is 0 Å². The van der Waals surface area contributed by atoms with Crippen molar-refractivity contribution < 1.29 is 13.6 Å². The molecule has 0 fully saturated rings. The Morgan fingerprint density at radius 1 is 1.09 bits per heavy atom. The van der Waals surface area contributed by atoms with Gasteiger partial charge in [0.2, 0.25) is 0 Å². The summed E-state index contributed by atoms with van der Waals surface area (Å²) in [6, 6.07) is 10.5. The van der Waals surface area contributed by atoms with Crippen molar-refractivity contribution in [3.63, 3.8) is 0 Å². The Balaban J connectivity index is 2.02. The summed E-state index contributed by atoms with van der Waals surface area (Å²) in [6.45, 7) is 3.11. The number of carbonyl (C=O) groups excluding carboxylic acids is 1. The smallest absolute Gasteiger partial charge is 0.255 e. The Morgan fingerprint density at radius 3 is 2.39 bits per heavy atom. The summed E-state index contributed by atoms with van der Waals surface area (Å²) in [6.07, 6.45) is 2.25. The fraction of sp³-hybridized carbons (Fsp3) is 0.278. The van der Waals surface area contributed by atoms with Crippen molar-refractivity contribution in [3.8, 4) is 0 Å². The minimum atomic E-state index is -1.04. The van der Waals surface area contributed by atoms with Gasteiger partial charge < -0.3 is 10.2 Å². The van der Waals surface area contributed by atoms with Gasteiger partial charge in [0, 0.05) is 30.5 Å². The van der Waals surface area contributed by atoms with Gasteiger partial charge in [-0.3, -0.25) is 4.79 Å². The Kier molecular flexibility index (Phi) is 5.68. The first-order valence-corrected chi connectivity index (χ1v) is 7.59. The van der Waals surface area contributed by atoms with E-state index in [1.807, 2.05) is 19.2 Å². The minimum Gasteiger partial charge on any atom is -0.375 e. The van der Waals surface area contributed by atoms with E-state index < -0.39 is 17.5 Å². The average molecular weight is 318 g/mol. The molecule has 0 radical (unpaired) electrons. The van der Waals surface area contributed by atoms with Gasteiger partial charge in [0.1, 0.15) is 0 Å². The molecule has 0 heterocycles. The van der Waals surface area contributed by atoms with Crippen LogP contribution in [-0.4, -0.2) is 19.5 Å². The van der Waals surface area contributed by atoms with Gasteiger partial charge in [-0.05, 0) is 48.9 Å². The number of hydrogen-bond donors (Lipinski definition) is 1. The Bertz CT molecular complexity index is 671. The van der Waals surface area contributed by atoms with Gasteiger partial charge in [0.25, 0.3) is 5.91 Å². The van der Waals surface area contributed by atoms with Crippen LogP contribution in [0.2, 0.25) is 0 Å². The van der Waals surface area contributed by atoms with Crippen LogP contribution >= 0.6 is 0 Å². The van der Waals surface area contributed by atoms with Gasteiger partial charge in [0.15, 0.2) is 11.6 Å². The topological polar surface area (TPSA) is 32.3 Å². The second-order valence-electron chi connectivity index (χ2n) is 5.40. The molecule has 3 nitrogen and oxygen atoms in total. The normalized spacial score (nSPS) is 10.4. The lowest BCUT2D eigenvalue weighted by Crippen LogP contribution is -2.18. The second-order valence-corrected chi connectivity index (χ2v) is 5.40. The van der Waals surface area contributed by atoms with Crippen LogP contribution in [0.4, 0.5) is 20.2 Å². The number of anilines is 2. The molecule has 2 aromatic carbocycles. The van der Waals surface area contributed by atoms with Crippen molar-refractivity contribution in [2.24, 2.45) is 0 Å². The zero-order valence-corrected chi connectivity index (χ0v) is 13.3. The average Bonchev–Trinajstić information content (AvgIpc) is 2.55. The van der Waals surface area contributed by atoms with Gasteiger partial charge in [-0.25, -0.2) is 8.78 Å². The molecule has 0 aliphatic rings. The largest absolute Gasteiger partial charge is 0.375 e. The Hall–Kier alpha value is -2.43. The number of unbranched alkanes of at least 4 members (excludes halogenated alkanes) is 1. The number of halogens is 2. The summed E-state index contributed by atoms with van der Waals surface area (Å²) in [5.74, 6) is -2.48. The van der Waals surface area contributed by atoms with Crippen molar-refractivity contribution in [1.29, 1.82) is 0 Å². The molecule has 0 aliphatic heterocycles. The van der Waals surface area contributed by atoms with Crippen molar-refractivity contribution in [2.75, 3.05) is 23.8 Å². The summed E-state index contributed by atoms with van der Waals surface area (Å²) < 4.78 is 26.0. The SMILES string of the molecule is CCCCN(C)c1ccc(NC(=O)c2ccc(F)c(F)c2)cc1. The molecular formula is C18H20F2N2O. The lowest BCUT2D eigenvalue weighted by molar-refractivity contribution is 0.102. The maximum Gasteiger partial charge on any atom is 0.255 e. The molecule has 2 rings (SSSR count). The third-order valence-electron chi connectivity index (χ3n) is 3.59. The lowest BCUT2D eigenvalue weighted by Gasteiger charge is -2.19. The predicted molar refractivity (Wildman–Crippen MR) is 88.9 cm³/mol. The summed E-state index contributed by atoms with van der Waals surface area (Å²) in [4.78, 5) is 14.2. The molecule has 0 saturated heterocycles. The van der Waals surface area contributed by atoms with Gasteiger partial charge >= 0.3 is 0 Å². The van der Waals surface area contributed by atoms with Crippen molar-refractivity contribution in [3.05, 3.63) is 59.7 Å². The predicted octanol–water partition coefficient (Wildman–Crippen LogP) is 4.45. The lowest BCUT2D eigenvalue weighted by atomic mass is 10.2. The maximum atomic E-state index is 13.2. The van der Waals surface area contributed by atoms with E-state index in [4.69, 9.17) is 0 Å². The van der Waals surface area contributed by atoms with E-state index in [0.717, 1.165) is 37.2 Å². The summed E-state index contributed by atoms with van der Waals surface area (Å²) in [7, 11) is 2.02. The molecule has 0 atom stereocenters. The number of carbonyl (C=O) groups is 1. The zero-order valence-electron chi connectivity index (χ0n) is 13.3. The quantitative estimate of drug-likeness (QED) is 0.853. The van der Waals surface area contributed by atoms with Crippen molar-refractivity contribution >= 4 is 17.3 Å². The molecule has 1 N–H and O–H groups in total. The fourth-order valence-corrected chi connectivity index (χ4v) is 2.16. The minimum absolute atomic E-state index is 0.0769. The molecule has 0 spiro atoms. The van der Waals surface area contributed by atoms with Crippen LogP contribution in [0.1, 0.15) is 30.1 Å². The van der Waals surface area contributed by atoms with E-state index in [9.17, 15) is 13.6 Å². The summed E-state index contributed by atoms with van der Waals surface area (Å²) >= 11 is 0. The Labute approximate surface area is 134 Å². The van der Waals surface area contributed by atoms with Crippen molar-refractivity contribution in [1.82, 2.24) is 0 Å². The van der Waals surface area contributed by atoms with Gasteiger partial charge in [-0.15, -0.1) is 0 Å². The molecule has 23 heavy (non-hydrogen) atoms. The first kappa shape index (κ1) is 16.9. The van der Waals surface area contributed by atoms with E-state index in [2.05, 4.69) is 17.1 Å². The van der Waals surface area contributed by atoms with E-state index in [0.29, 0.717) is 5.69 Å². The van der Waals surface area contributed by atoms with Crippen LogP contribution in [0, 0.1) is 11.6 Å². The molecular weight excluding hydrogens is 298 g/mol. The van der Waals surface area contributed by atoms with Gasteiger partial charge in [0.05, 0.1) is 0 Å². The standard InChI is InChI=1S/C18H20F2N2O/c1-3-4-11-22(2)15-8-6-14(7-9-15)21-18(23)13-5-10-16(19)17(20)12-13/h5-10,12H,3-4,11H2,1-2H3,(H,21,23). The maximum absolute atomic E-state index is 13.2. The highest BCUT2D eigenvalue weighted by Crippen LogP contribution is 2.18. The van der Waals surface area contributed by atoms with E-state index >= 15 is 0 Å². The van der Waals surface area contributed by atoms with Crippen LogP contribution in [0.15, 0.2) is 42.5 Å². The molecule has 0 unspecified atom stereocenters. The first-order valence-electron chi connectivity index (χ1n) is 7.59. The molecule has 0 saturated carbocycles. The van der Waals surface area contributed by atoms with E-state index in [-0.39, 0.29) is 5.56 Å². The molecule has 5 heteroatoms. The second kappa shape index (κ2) is 7.72. The zero-order chi connectivity index (χ0) is 16.8. The number of rotatable bonds is 6. The van der Waals surface area contributed by atoms with Crippen LogP contribution < -0.4 is 10.2 Å². The van der Waals surface area contributed by atoms with E-state index in [1.54, 1.807) is 12.1 Å². The molecule has 0 bridgehead atoms. The number of nitrogens with zero attached hydrogens (tertiary/aromatic N) is 1. The van der Waals surface area contributed by atoms with Crippen LogP contribution in [0.5, 0.6) is 0 Å². The third-order valence-corrected chi connectivity index (χ3v) is 3.59. The summed E-state index contributed by atoms with van der Waals surface area (Å²) in [5.41, 5.74) is 1.74. The highest BCUT2D eigenvalue weighted by molar-refractivity contribution is 6.04. The highest BCUT2D eigenvalue weighted by atomic mass is 19.2. The number of amides is 1. The number of benzene rings is 2. The van der Waals surface area contributed by atoms with Gasteiger partial charge in [-0.1, -0.05) is 13.3 Å². The highest BCUT2D eigenvalue weighted by Gasteiger charge is 2.10. The third kappa shape index (κ3) is 4.52. The fourth-order valence-electron chi connectivity index (χ4n) is 2.16. The van der Waals surface area contributed by atoms with Crippen LogP contribution in [-0.2, 0) is 0 Å². The number of hydrogen-bond acceptors (Lipinski definition) is 2. The summed E-state index contributed by atoms with van der Waals surface area (Å²) in [5, 5.41) is 2.67. The monoisotopic (exact) mass is 318 g/mol. The molecule has 0 aromatic heterocycles. The molecule has 1 amide bonds. The van der Waals surface area contributed by atoms with Gasteiger partial charge in [-0.2, -0.15) is 0 Å². The molecule has 2 aromatic rings. The molecule has 0 aliphatic carbocycles. The van der Waals surface area contributed by atoms with E-state index in [1.165, 1.54) is 6.07 Å². The first-order chi connectivity index (χ1) is 11.0. The Morgan fingerprint density at radius 2 is 1.78 bits per heavy atom. The van der Waals surface area contributed by atoms with Crippen molar-refractivity contribution in [2.45, 2.75) is 19.8 Å². The molecule has 122 valence electrons. The number of nitrogens with one attached hydrogen (secondary N) is 1. The van der Waals surface area contributed by atoms with Crippen LogP contribution in [0.3, 0.4) is 0 Å².